The van der Waals surface area contributed by atoms with Gasteiger partial charge in [-0.1, -0.05) is 0 Å². The van der Waals surface area contributed by atoms with Crippen LogP contribution in [0.1, 0.15) is 10.4 Å². The summed E-state index contributed by atoms with van der Waals surface area (Å²) in [6.45, 7) is -3.19. The molecule has 1 aromatic rings. The van der Waals surface area contributed by atoms with E-state index < -0.39 is 33.1 Å². The van der Waals surface area contributed by atoms with E-state index >= 15 is 0 Å². The summed E-state index contributed by atoms with van der Waals surface area (Å²) < 4.78 is 50.6. The molecule has 8 heteroatoms. The number of halogens is 2. The Kier molecular flexibility index (Phi) is 3.66. The molecule has 0 aliphatic heterocycles. The molecule has 0 amide bonds. The number of ether oxygens (including phenoxy) is 1. The molecule has 1 aromatic carbocycles. The van der Waals surface area contributed by atoms with Crippen molar-refractivity contribution in [2.24, 2.45) is 0 Å². The van der Waals surface area contributed by atoms with Crippen molar-refractivity contribution in [1.82, 2.24) is 0 Å². The molecule has 0 bridgehead atoms. The molecule has 17 heavy (non-hydrogen) atoms. The molecule has 0 saturated carbocycles. The van der Waals surface area contributed by atoms with Crippen molar-refractivity contribution in [2.75, 3.05) is 6.26 Å². The molecule has 0 radical (unpaired) electrons. The van der Waals surface area contributed by atoms with Crippen LogP contribution in [0.5, 0.6) is 5.75 Å². The fourth-order valence-electron chi connectivity index (χ4n) is 1.12. The molecule has 94 valence electrons. The molecule has 0 aromatic heterocycles. The van der Waals surface area contributed by atoms with Gasteiger partial charge in [0.1, 0.15) is 10.6 Å². The summed E-state index contributed by atoms with van der Waals surface area (Å²) in [6, 6.07) is 2.64. The minimum atomic E-state index is -3.86. The number of hydrogen-bond acceptors (Lipinski definition) is 4. The predicted molar refractivity (Wildman–Crippen MR) is 53.1 cm³/mol. The second-order valence-electron chi connectivity index (χ2n) is 3.12. The van der Waals surface area contributed by atoms with Crippen molar-refractivity contribution in [3.63, 3.8) is 0 Å². The average molecular weight is 266 g/mol. The summed E-state index contributed by atoms with van der Waals surface area (Å²) in [5.74, 6) is -1.94. The lowest BCUT2D eigenvalue weighted by Crippen LogP contribution is -2.09. The van der Waals surface area contributed by atoms with Crippen molar-refractivity contribution in [1.29, 1.82) is 0 Å². The van der Waals surface area contributed by atoms with Crippen molar-refractivity contribution >= 4 is 15.8 Å². The van der Waals surface area contributed by atoms with E-state index in [9.17, 15) is 22.0 Å². The van der Waals surface area contributed by atoms with Crippen LogP contribution < -0.4 is 4.74 Å². The molecule has 0 unspecified atom stereocenters. The number of rotatable bonds is 4. The molecule has 5 nitrogen and oxygen atoms in total. The van der Waals surface area contributed by atoms with Gasteiger partial charge in [0.2, 0.25) is 0 Å². The Morgan fingerprint density at radius 1 is 1.41 bits per heavy atom. The standard InChI is InChI=1S/C9H8F2O5S/c1-17(14,15)7-4-5(8(12)13)2-3-6(7)16-9(10)11/h2-4,9H,1H3,(H,12,13). The van der Waals surface area contributed by atoms with Gasteiger partial charge in [0.15, 0.2) is 9.84 Å². The first-order valence-electron chi connectivity index (χ1n) is 4.24. The molecule has 0 fully saturated rings. The first-order chi connectivity index (χ1) is 7.71. The zero-order chi connectivity index (χ0) is 13.2. The first kappa shape index (κ1) is 13.4. The Bertz CT molecular complexity index is 538. The van der Waals surface area contributed by atoms with Crippen LogP contribution in [0, 0.1) is 0 Å². The predicted octanol–water partition coefficient (Wildman–Crippen LogP) is 1.39. The Morgan fingerprint density at radius 2 is 2.00 bits per heavy atom. The molecule has 0 aliphatic carbocycles. The first-order valence-corrected chi connectivity index (χ1v) is 6.13. The number of aromatic carboxylic acids is 1. The summed E-state index contributed by atoms with van der Waals surface area (Å²) in [6.07, 6.45) is 0.770. The topological polar surface area (TPSA) is 80.7 Å². The number of sulfone groups is 1. The maximum Gasteiger partial charge on any atom is 0.387 e. The van der Waals surface area contributed by atoms with Crippen LogP contribution in [-0.2, 0) is 9.84 Å². The van der Waals surface area contributed by atoms with Gasteiger partial charge >= 0.3 is 12.6 Å². The molecular weight excluding hydrogens is 258 g/mol. The fraction of sp³-hybridized carbons (Fsp3) is 0.222. The maximum absolute atomic E-state index is 12.0. The van der Waals surface area contributed by atoms with Gasteiger partial charge in [-0.3, -0.25) is 0 Å². The van der Waals surface area contributed by atoms with E-state index in [0.29, 0.717) is 0 Å². The van der Waals surface area contributed by atoms with E-state index in [1.54, 1.807) is 0 Å². The third-order valence-corrected chi connectivity index (χ3v) is 2.92. The zero-order valence-electron chi connectivity index (χ0n) is 8.55. The van der Waals surface area contributed by atoms with Crippen LogP contribution in [0.2, 0.25) is 0 Å². The SMILES string of the molecule is CS(=O)(=O)c1cc(C(=O)O)ccc1OC(F)F. The lowest BCUT2D eigenvalue weighted by atomic mass is 10.2. The van der Waals surface area contributed by atoms with Gasteiger partial charge in [-0.2, -0.15) is 8.78 Å². The van der Waals surface area contributed by atoms with Crippen LogP contribution in [0.25, 0.3) is 0 Å². The molecule has 0 spiro atoms. The van der Waals surface area contributed by atoms with Crippen molar-refractivity contribution in [3.8, 4) is 5.75 Å². The highest BCUT2D eigenvalue weighted by atomic mass is 32.2. The van der Waals surface area contributed by atoms with E-state index in [2.05, 4.69) is 4.74 Å². The number of alkyl halides is 2. The lowest BCUT2D eigenvalue weighted by Gasteiger charge is -2.09. The lowest BCUT2D eigenvalue weighted by molar-refractivity contribution is -0.0517. The molecule has 0 saturated heterocycles. The van der Waals surface area contributed by atoms with Crippen molar-refractivity contribution in [3.05, 3.63) is 23.8 Å². The molecule has 0 atom stereocenters. The van der Waals surface area contributed by atoms with Crippen LogP contribution >= 0.6 is 0 Å². The normalized spacial score (nSPS) is 11.5. The van der Waals surface area contributed by atoms with Crippen LogP contribution in [0.3, 0.4) is 0 Å². The number of carbonyl (C=O) groups is 1. The third-order valence-electron chi connectivity index (χ3n) is 1.81. The quantitative estimate of drug-likeness (QED) is 0.890. The van der Waals surface area contributed by atoms with Gasteiger partial charge in [-0.15, -0.1) is 0 Å². The van der Waals surface area contributed by atoms with Gasteiger partial charge in [-0.05, 0) is 18.2 Å². The molecule has 0 heterocycles. The monoisotopic (exact) mass is 266 g/mol. The average Bonchev–Trinajstić information content (AvgIpc) is 2.15. The third kappa shape index (κ3) is 3.38. The fourth-order valence-corrected chi connectivity index (χ4v) is 1.95. The van der Waals surface area contributed by atoms with E-state index in [0.717, 1.165) is 24.5 Å². The van der Waals surface area contributed by atoms with E-state index in [4.69, 9.17) is 5.11 Å². The van der Waals surface area contributed by atoms with Crippen molar-refractivity contribution < 1.29 is 31.8 Å². The summed E-state index contributed by atoms with van der Waals surface area (Å²) in [5.41, 5.74) is -0.327. The summed E-state index contributed by atoms with van der Waals surface area (Å²) in [4.78, 5) is 10.0. The molecule has 1 rings (SSSR count). The van der Waals surface area contributed by atoms with Gasteiger partial charge in [0.25, 0.3) is 0 Å². The van der Waals surface area contributed by atoms with Gasteiger partial charge < -0.3 is 9.84 Å². The highest BCUT2D eigenvalue weighted by Crippen LogP contribution is 2.26. The second-order valence-corrected chi connectivity index (χ2v) is 5.10. The Morgan fingerprint density at radius 3 is 2.41 bits per heavy atom. The minimum Gasteiger partial charge on any atom is -0.478 e. The Balaban J connectivity index is 3.37. The van der Waals surface area contributed by atoms with Crippen LogP contribution in [0.4, 0.5) is 8.78 Å². The smallest absolute Gasteiger partial charge is 0.387 e. The number of carboxylic acid groups (broad SMARTS) is 1. The van der Waals surface area contributed by atoms with Crippen molar-refractivity contribution in [2.45, 2.75) is 11.5 Å². The summed E-state index contributed by atoms with van der Waals surface area (Å²) >= 11 is 0. The van der Waals surface area contributed by atoms with E-state index in [1.807, 2.05) is 0 Å². The van der Waals surface area contributed by atoms with E-state index in [1.165, 1.54) is 0 Å². The number of carboxylic acids is 1. The maximum atomic E-state index is 12.0. The van der Waals surface area contributed by atoms with Crippen LogP contribution in [0.15, 0.2) is 23.1 Å². The molecule has 1 N–H and O–H groups in total. The molecule has 0 aliphatic rings. The second kappa shape index (κ2) is 4.66. The van der Waals surface area contributed by atoms with Crippen LogP contribution in [-0.4, -0.2) is 32.4 Å². The number of hydrogen-bond donors (Lipinski definition) is 1. The summed E-state index contributed by atoms with van der Waals surface area (Å²) in [5, 5.41) is 8.66. The number of benzene rings is 1. The Labute approximate surface area is 95.6 Å². The molecular formula is C9H8F2O5S. The largest absolute Gasteiger partial charge is 0.478 e. The van der Waals surface area contributed by atoms with Gasteiger partial charge in [-0.25, -0.2) is 13.2 Å². The van der Waals surface area contributed by atoms with Gasteiger partial charge in [0, 0.05) is 6.26 Å². The van der Waals surface area contributed by atoms with E-state index in [-0.39, 0.29) is 5.56 Å². The highest BCUT2D eigenvalue weighted by molar-refractivity contribution is 7.90. The Hall–Kier alpha value is -1.70. The zero-order valence-corrected chi connectivity index (χ0v) is 9.37. The van der Waals surface area contributed by atoms with Gasteiger partial charge in [0.05, 0.1) is 5.56 Å². The summed E-state index contributed by atoms with van der Waals surface area (Å²) in [7, 11) is -3.86. The highest BCUT2D eigenvalue weighted by Gasteiger charge is 2.19. The minimum absolute atomic E-state index is 0.327.